The van der Waals surface area contributed by atoms with E-state index < -0.39 is 11.9 Å². The number of pyridine rings is 1. The van der Waals surface area contributed by atoms with Crippen LogP contribution in [-0.4, -0.2) is 30.6 Å². The molecule has 0 fully saturated rings. The maximum absolute atomic E-state index is 11.0. The van der Waals surface area contributed by atoms with Gasteiger partial charge in [0.1, 0.15) is 17.9 Å². The highest BCUT2D eigenvalue weighted by Gasteiger charge is 2.14. The number of primary amides is 1. The van der Waals surface area contributed by atoms with E-state index in [2.05, 4.69) is 10.3 Å². The summed E-state index contributed by atoms with van der Waals surface area (Å²) in [6.07, 6.45) is 1.41. The lowest BCUT2D eigenvalue weighted by Gasteiger charge is -2.14. The first-order valence-electron chi connectivity index (χ1n) is 4.58. The molecule has 3 N–H and O–H groups in total. The van der Waals surface area contributed by atoms with Crippen LogP contribution < -0.4 is 11.1 Å². The summed E-state index contributed by atoms with van der Waals surface area (Å²) in [7, 11) is 1.48. The van der Waals surface area contributed by atoms with Crippen molar-refractivity contribution < 1.29 is 9.53 Å². The number of nitrogens with one attached hydrogen (secondary N) is 1. The van der Waals surface area contributed by atoms with E-state index in [0.29, 0.717) is 11.4 Å². The molecule has 1 atom stereocenters. The topological polar surface area (TPSA) is 101 Å². The van der Waals surface area contributed by atoms with Crippen LogP contribution in [0.5, 0.6) is 0 Å². The third-order valence-corrected chi connectivity index (χ3v) is 1.89. The van der Waals surface area contributed by atoms with E-state index in [0.717, 1.165) is 0 Å². The van der Waals surface area contributed by atoms with Gasteiger partial charge < -0.3 is 15.8 Å². The second-order valence-corrected chi connectivity index (χ2v) is 3.10. The minimum absolute atomic E-state index is 0.164. The predicted octanol–water partition coefficient (Wildman–Crippen LogP) is -0.135. The molecule has 1 rings (SSSR count). The molecule has 1 heterocycles. The van der Waals surface area contributed by atoms with Crippen molar-refractivity contribution in [1.29, 1.82) is 5.26 Å². The highest BCUT2D eigenvalue weighted by molar-refractivity contribution is 5.82. The van der Waals surface area contributed by atoms with E-state index in [9.17, 15) is 4.79 Å². The quantitative estimate of drug-likeness (QED) is 0.719. The van der Waals surface area contributed by atoms with Gasteiger partial charge in [-0.05, 0) is 12.1 Å². The molecule has 6 nitrogen and oxygen atoms in total. The van der Waals surface area contributed by atoms with Gasteiger partial charge in [-0.3, -0.25) is 4.79 Å². The minimum atomic E-state index is -0.634. The summed E-state index contributed by atoms with van der Waals surface area (Å²) in [6, 6.07) is 4.51. The van der Waals surface area contributed by atoms with E-state index in [1.165, 1.54) is 13.3 Å². The summed E-state index contributed by atoms with van der Waals surface area (Å²) in [5, 5.41) is 11.4. The van der Waals surface area contributed by atoms with Gasteiger partial charge >= 0.3 is 0 Å². The zero-order valence-corrected chi connectivity index (χ0v) is 8.80. The summed E-state index contributed by atoms with van der Waals surface area (Å²) >= 11 is 0. The third kappa shape index (κ3) is 3.22. The van der Waals surface area contributed by atoms with Crippen molar-refractivity contribution in [1.82, 2.24) is 4.98 Å². The van der Waals surface area contributed by atoms with Crippen LogP contribution in [0.4, 0.5) is 5.82 Å². The average molecular weight is 220 g/mol. The lowest BCUT2D eigenvalue weighted by Crippen LogP contribution is -2.39. The van der Waals surface area contributed by atoms with Crippen molar-refractivity contribution >= 4 is 11.7 Å². The SMILES string of the molecule is COCC(Nc1ccc(C#N)cn1)C(N)=O. The second kappa shape index (κ2) is 5.68. The third-order valence-electron chi connectivity index (χ3n) is 1.89. The van der Waals surface area contributed by atoms with Crippen molar-refractivity contribution in [3.63, 3.8) is 0 Å². The highest BCUT2D eigenvalue weighted by atomic mass is 16.5. The molecule has 0 bridgehead atoms. The molecular formula is C10H12N4O2. The summed E-state index contributed by atoms with van der Waals surface area (Å²) < 4.78 is 4.84. The fraction of sp³-hybridized carbons (Fsp3) is 0.300. The number of carbonyl (C=O) groups is 1. The fourth-order valence-electron chi connectivity index (χ4n) is 1.09. The maximum atomic E-state index is 11.0. The Morgan fingerprint density at radius 1 is 1.75 bits per heavy atom. The summed E-state index contributed by atoms with van der Waals surface area (Å²) in [6.45, 7) is 0.164. The summed E-state index contributed by atoms with van der Waals surface area (Å²) in [5.41, 5.74) is 5.62. The number of amides is 1. The lowest BCUT2D eigenvalue weighted by molar-refractivity contribution is -0.119. The van der Waals surface area contributed by atoms with Crippen LogP contribution in [0.1, 0.15) is 5.56 Å². The molecule has 0 spiro atoms. The minimum Gasteiger partial charge on any atom is -0.382 e. The summed E-state index contributed by atoms with van der Waals surface area (Å²) in [5.74, 6) is -0.0483. The number of anilines is 1. The molecule has 6 heteroatoms. The van der Waals surface area contributed by atoms with Crippen molar-refractivity contribution in [3.8, 4) is 6.07 Å². The van der Waals surface area contributed by atoms with Crippen LogP contribution in [-0.2, 0) is 9.53 Å². The molecule has 0 radical (unpaired) electrons. The molecule has 1 unspecified atom stereocenters. The number of rotatable bonds is 5. The Hall–Kier alpha value is -2.13. The first-order valence-corrected chi connectivity index (χ1v) is 4.58. The number of nitrogens with zero attached hydrogens (tertiary/aromatic N) is 2. The molecule has 0 aliphatic rings. The molecule has 1 aromatic heterocycles. The van der Waals surface area contributed by atoms with Crippen LogP contribution >= 0.6 is 0 Å². The number of carbonyl (C=O) groups excluding carboxylic acids is 1. The Labute approximate surface area is 93.0 Å². The van der Waals surface area contributed by atoms with Crippen molar-refractivity contribution in [2.24, 2.45) is 5.73 Å². The van der Waals surface area contributed by atoms with E-state index in [1.807, 2.05) is 6.07 Å². The van der Waals surface area contributed by atoms with E-state index in [1.54, 1.807) is 12.1 Å². The van der Waals surface area contributed by atoms with Gasteiger partial charge in [0.05, 0.1) is 12.2 Å². The van der Waals surface area contributed by atoms with Crippen LogP contribution in [0.25, 0.3) is 0 Å². The monoisotopic (exact) mass is 220 g/mol. The van der Waals surface area contributed by atoms with E-state index in [-0.39, 0.29) is 6.61 Å². The van der Waals surface area contributed by atoms with Gasteiger partial charge in [0.2, 0.25) is 5.91 Å². The normalized spacial score (nSPS) is 11.5. The number of ether oxygens (including phenoxy) is 1. The predicted molar refractivity (Wildman–Crippen MR) is 57.4 cm³/mol. The maximum Gasteiger partial charge on any atom is 0.242 e. The Kier molecular flexibility index (Phi) is 4.24. The molecule has 84 valence electrons. The number of methoxy groups -OCH3 is 1. The summed E-state index contributed by atoms with van der Waals surface area (Å²) in [4.78, 5) is 15.0. The standard InChI is InChI=1S/C10H12N4O2/c1-16-6-8(10(12)15)14-9-3-2-7(4-11)5-13-9/h2-3,5,8H,6H2,1H3,(H2,12,15)(H,13,14). The zero-order valence-electron chi connectivity index (χ0n) is 8.80. The number of nitrogens with two attached hydrogens (primary N) is 1. The zero-order chi connectivity index (χ0) is 12.0. The van der Waals surface area contributed by atoms with Gasteiger partial charge in [0.15, 0.2) is 0 Å². The fourth-order valence-corrected chi connectivity index (χ4v) is 1.09. The van der Waals surface area contributed by atoms with E-state index >= 15 is 0 Å². The largest absolute Gasteiger partial charge is 0.382 e. The molecule has 0 aromatic carbocycles. The van der Waals surface area contributed by atoms with Gasteiger partial charge in [-0.15, -0.1) is 0 Å². The van der Waals surface area contributed by atoms with Crippen LogP contribution in [0, 0.1) is 11.3 Å². The average Bonchev–Trinajstić information content (AvgIpc) is 2.29. The van der Waals surface area contributed by atoms with Crippen molar-refractivity contribution in [2.75, 3.05) is 19.0 Å². The van der Waals surface area contributed by atoms with Gasteiger partial charge in [0, 0.05) is 13.3 Å². The molecular weight excluding hydrogens is 208 g/mol. The first kappa shape index (κ1) is 11.9. The molecule has 1 amide bonds. The second-order valence-electron chi connectivity index (χ2n) is 3.10. The van der Waals surface area contributed by atoms with Gasteiger partial charge in [-0.2, -0.15) is 5.26 Å². The van der Waals surface area contributed by atoms with Crippen molar-refractivity contribution in [2.45, 2.75) is 6.04 Å². The van der Waals surface area contributed by atoms with Gasteiger partial charge in [-0.1, -0.05) is 0 Å². The number of hydrogen-bond acceptors (Lipinski definition) is 5. The smallest absolute Gasteiger partial charge is 0.242 e. The van der Waals surface area contributed by atoms with Crippen LogP contribution in [0.15, 0.2) is 18.3 Å². The Bertz CT molecular complexity index is 396. The Morgan fingerprint density at radius 2 is 2.50 bits per heavy atom. The van der Waals surface area contributed by atoms with Crippen molar-refractivity contribution in [3.05, 3.63) is 23.9 Å². The number of hydrogen-bond donors (Lipinski definition) is 2. The van der Waals surface area contributed by atoms with Gasteiger partial charge in [0.25, 0.3) is 0 Å². The highest BCUT2D eigenvalue weighted by Crippen LogP contribution is 2.05. The van der Waals surface area contributed by atoms with Crippen LogP contribution in [0.3, 0.4) is 0 Å². The first-order chi connectivity index (χ1) is 7.67. The number of nitriles is 1. The number of aromatic nitrogens is 1. The lowest BCUT2D eigenvalue weighted by atomic mass is 10.2. The molecule has 0 saturated heterocycles. The molecule has 16 heavy (non-hydrogen) atoms. The Balaban J connectivity index is 2.70. The molecule has 1 aromatic rings. The molecule has 0 aliphatic carbocycles. The van der Waals surface area contributed by atoms with Crippen LogP contribution in [0.2, 0.25) is 0 Å². The molecule has 0 saturated carbocycles. The van der Waals surface area contributed by atoms with Gasteiger partial charge in [-0.25, -0.2) is 4.98 Å². The molecule has 0 aliphatic heterocycles. The Morgan fingerprint density at radius 3 is 2.94 bits per heavy atom. The van der Waals surface area contributed by atoms with E-state index in [4.69, 9.17) is 15.7 Å².